The summed E-state index contributed by atoms with van der Waals surface area (Å²) in [6, 6.07) is 7.39. The van der Waals surface area contributed by atoms with Gasteiger partial charge in [0.25, 0.3) is 0 Å². The zero-order valence-electron chi connectivity index (χ0n) is 18.6. The molecule has 0 aromatic heterocycles. The van der Waals surface area contributed by atoms with Gasteiger partial charge in [0, 0.05) is 57.2 Å². The van der Waals surface area contributed by atoms with Crippen LogP contribution in [0.2, 0.25) is 0 Å². The lowest BCUT2D eigenvalue weighted by Crippen LogP contribution is -2.40. The predicted octanol–water partition coefficient (Wildman–Crippen LogP) is 4.68. The van der Waals surface area contributed by atoms with E-state index >= 15 is 4.39 Å². The van der Waals surface area contributed by atoms with Gasteiger partial charge in [0.2, 0.25) is 0 Å². The predicted molar refractivity (Wildman–Crippen MR) is 121 cm³/mol. The minimum absolute atomic E-state index is 0.0508. The van der Waals surface area contributed by atoms with Crippen LogP contribution in [0.3, 0.4) is 0 Å². The molecule has 4 aliphatic rings. The summed E-state index contributed by atoms with van der Waals surface area (Å²) in [5, 5.41) is 0. The van der Waals surface area contributed by atoms with E-state index in [0.29, 0.717) is 11.5 Å². The number of anilines is 2. The summed E-state index contributed by atoms with van der Waals surface area (Å²) in [6.07, 6.45) is 9.91. The number of benzene rings is 1. The summed E-state index contributed by atoms with van der Waals surface area (Å²) in [6.45, 7) is 9.31. The third kappa shape index (κ3) is 3.95. The Balaban J connectivity index is 1.23. The molecular weight excluding hydrogens is 377 g/mol. The SMILES string of the molecule is CCCC1CCCN1C1CCN(c2ccc(N3CCC4(CCOCC4)C3)c(F)c2)C1. The average Bonchev–Trinajstić information content (AvgIpc) is 3.49. The molecule has 4 fully saturated rings. The molecular formula is C25H38FN3O. The van der Waals surface area contributed by atoms with Gasteiger partial charge in [0.15, 0.2) is 0 Å². The van der Waals surface area contributed by atoms with E-state index in [1.54, 1.807) is 6.07 Å². The highest BCUT2D eigenvalue weighted by atomic mass is 19.1. The molecule has 0 radical (unpaired) electrons. The monoisotopic (exact) mass is 415 g/mol. The Labute approximate surface area is 181 Å². The number of hydrogen-bond acceptors (Lipinski definition) is 4. The van der Waals surface area contributed by atoms with Gasteiger partial charge in [0.05, 0.1) is 5.69 Å². The van der Waals surface area contributed by atoms with Crippen LogP contribution in [0, 0.1) is 11.2 Å². The van der Waals surface area contributed by atoms with E-state index in [1.807, 2.05) is 6.07 Å². The van der Waals surface area contributed by atoms with Crippen molar-refractivity contribution in [3.05, 3.63) is 24.0 Å². The smallest absolute Gasteiger partial charge is 0.148 e. The summed E-state index contributed by atoms with van der Waals surface area (Å²) in [7, 11) is 0. The minimum Gasteiger partial charge on any atom is -0.381 e. The Morgan fingerprint density at radius 3 is 2.73 bits per heavy atom. The van der Waals surface area contributed by atoms with Crippen molar-refractivity contribution in [1.29, 1.82) is 0 Å². The maximum absolute atomic E-state index is 15.2. The highest BCUT2D eigenvalue weighted by Crippen LogP contribution is 2.42. The summed E-state index contributed by atoms with van der Waals surface area (Å²) < 4.78 is 20.7. The van der Waals surface area contributed by atoms with Crippen LogP contribution in [0.15, 0.2) is 18.2 Å². The van der Waals surface area contributed by atoms with Crippen molar-refractivity contribution in [3.63, 3.8) is 0 Å². The fourth-order valence-electron chi connectivity index (χ4n) is 6.53. The zero-order chi connectivity index (χ0) is 20.6. The number of hydrogen-bond donors (Lipinski definition) is 0. The number of ether oxygens (including phenoxy) is 1. The van der Waals surface area contributed by atoms with Crippen LogP contribution in [-0.2, 0) is 4.74 Å². The van der Waals surface area contributed by atoms with Crippen molar-refractivity contribution >= 4 is 11.4 Å². The molecule has 30 heavy (non-hydrogen) atoms. The van der Waals surface area contributed by atoms with Gasteiger partial charge in [-0.3, -0.25) is 4.90 Å². The van der Waals surface area contributed by atoms with Gasteiger partial charge in [-0.1, -0.05) is 13.3 Å². The van der Waals surface area contributed by atoms with Crippen LogP contribution in [-0.4, -0.2) is 62.9 Å². The van der Waals surface area contributed by atoms with Crippen molar-refractivity contribution in [1.82, 2.24) is 4.90 Å². The van der Waals surface area contributed by atoms with Gasteiger partial charge >= 0.3 is 0 Å². The summed E-state index contributed by atoms with van der Waals surface area (Å²) in [4.78, 5) is 7.44. The molecule has 2 unspecified atom stereocenters. The van der Waals surface area contributed by atoms with Crippen LogP contribution in [0.1, 0.15) is 58.3 Å². The molecule has 1 spiro atoms. The first-order valence-electron chi connectivity index (χ1n) is 12.3. The van der Waals surface area contributed by atoms with E-state index in [9.17, 15) is 0 Å². The highest BCUT2D eigenvalue weighted by molar-refractivity contribution is 5.58. The quantitative estimate of drug-likeness (QED) is 0.695. The van der Waals surface area contributed by atoms with Crippen LogP contribution < -0.4 is 9.80 Å². The van der Waals surface area contributed by atoms with Crippen LogP contribution in [0.5, 0.6) is 0 Å². The lowest BCUT2D eigenvalue weighted by Gasteiger charge is -2.33. The van der Waals surface area contributed by atoms with Gasteiger partial charge in [-0.15, -0.1) is 0 Å². The van der Waals surface area contributed by atoms with Crippen LogP contribution in [0.25, 0.3) is 0 Å². The lowest BCUT2D eigenvalue weighted by atomic mass is 9.80. The molecule has 4 aliphatic heterocycles. The van der Waals surface area contributed by atoms with Gasteiger partial charge < -0.3 is 14.5 Å². The number of rotatable bonds is 5. The first-order valence-corrected chi connectivity index (χ1v) is 12.3. The number of nitrogens with zero attached hydrogens (tertiary/aromatic N) is 3. The van der Waals surface area contributed by atoms with Crippen molar-refractivity contribution in [3.8, 4) is 0 Å². The third-order valence-corrected chi connectivity index (χ3v) is 8.31. The van der Waals surface area contributed by atoms with E-state index in [2.05, 4.69) is 27.7 Å². The van der Waals surface area contributed by atoms with E-state index < -0.39 is 0 Å². The summed E-state index contributed by atoms with van der Waals surface area (Å²) in [5.41, 5.74) is 2.20. The Kier molecular flexibility index (Phi) is 5.94. The maximum Gasteiger partial charge on any atom is 0.148 e. The normalized spacial score (nSPS) is 29.4. The minimum atomic E-state index is -0.0508. The molecule has 0 amide bonds. The molecule has 4 heterocycles. The third-order valence-electron chi connectivity index (χ3n) is 8.31. The molecule has 0 N–H and O–H groups in total. The first-order chi connectivity index (χ1) is 14.7. The van der Waals surface area contributed by atoms with E-state index in [1.165, 1.54) is 45.1 Å². The molecule has 0 aliphatic carbocycles. The number of likely N-dealkylation sites (tertiary alicyclic amines) is 1. The molecule has 1 aromatic carbocycles. The zero-order valence-corrected chi connectivity index (χ0v) is 18.6. The Morgan fingerprint density at radius 1 is 1.07 bits per heavy atom. The topological polar surface area (TPSA) is 19.0 Å². The van der Waals surface area contributed by atoms with Crippen molar-refractivity contribution in [2.45, 2.75) is 70.4 Å². The van der Waals surface area contributed by atoms with E-state index in [-0.39, 0.29) is 5.82 Å². The Morgan fingerprint density at radius 2 is 1.93 bits per heavy atom. The lowest BCUT2D eigenvalue weighted by molar-refractivity contribution is 0.0254. The molecule has 2 atom stereocenters. The second-order valence-corrected chi connectivity index (χ2v) is 10.1. The summed E-state index contributed by atoms with van der Waals surface area (Å²) in [5.74, 6) is -0.0508. The van der Waals surface area contributed by atoms with Gasteiger partial charge in [-0.2, -0.15) is 0 Å². The van der Waals surface area contributed by atoms with Gasteiger partial charge in [0.1, 0.15) is 5.82 Å². The fraction of sp³-hybridized carbons (Fsp3) is 0.760. The van der Waals surface area contributed by atoms with Crippen LogP contribution in [0.4, 0.5) is 15.8 Å². The van der Waals surface area contributed by atoms with E-state index in [0.717, 1.165) is 69.7 Å². The van der Waals surface area contributed by atoms with Crippen molar-refractivity contribution in [2.75, 3.05) is 55.7 Å². The fourth-order valence-corrected chi connectivity index (χ4v) is 6.53. The molecule has 5 heteroatoms. The summed E-state index contributed by atoms with van der Waals surface area (Å²) >= 11 is 0. The maximum atomic E-state index is 15.2. The standard InChI is InChI=1S/C25H38FN3O/c1-2-4-20-5-3-12-29(20)22-8-13-27(18-22)21-6-7-24(23(26)17-21)28-14-9-25(19-28)10-15-30-16-11-25/h6-7,17,20,22H,2-5,8-16,18-19H2,1H3. The Bertz CT molecular complexity index is 735. The molecule has 4 saturated heterocycles. The first kappa shape index (κ1) is 20.6. The Hall–Kier alpha value is -1.33. The molecule has 5 rings (SSSR count). The molecule has 166 valence electrons. The van der Waals surface area contributed by atoms with E-state index in [4.69, 9.17) is 4.74 Å². The van der Waals surface area contributed by atoms with Crippen molar-refractivity contribution < 1.29 is 9.13 Å². The highest BCUT2D eigenvalue weighted by Gasteiger charge is 2.40. The average molecular weight is 416 g/mol. The second kappa shape index (κ2) is 8.66. The van der Waals surface area contributed by atoms with Gasteiger partial charge in [-0.05, 0) is 75.1 Å². The molecule has 0 bridgehead atoms. The second-order valence-electron chi connectivity index (χ2n) is 10.1. The van der Waals surface area contributed by atoms with Crippen molar-refractivity contribution in [2.24, 2.45) is 5.41 Å². The van der Waals surface area contributed by atoms with Gasteiger partial charge in [-0.25, -0.2) is 4.39 Å². The molecule has 1 aromatic rings. The van der Waals surface area contributed by atoms with Crippen LogP contribution >= 0.6 is 0 Å². The largest absolute Gasteiger partial charge is 0.381 e. The molecule has 4 nitrogen and oxygen atoms in total. The number of halogens is 1. The molecule has 0 saturated carbocycles.